The van der Waals surface area contributed by atoms with Crippen molar-refractivity contribution in [3.63, 3.8) is 0 Å². The summed E-state index contributed by atoms with van der Waals surface area (Å²) in [7, 11) is 0. The van der Waals surface area contributed by atoms with Gasteiger partial charge in [-0.15, -0.1) is 0 Å². The van der Waals surface area contributed by atoms with Crippen LogP contribution in [0.3, 0.4) is 0 Å². The van der Waals surface area contributed by atoms with Gasteiger partial charge in [0.15, 0.2) is 0 Å². The molecule has 1 N–H and O–H groups in total. The minimum absolute atomic E-state index is 0.531. The Morgan fingerprint density at radius 2 is 2.19 bits per heavy atom. The number of aryl methyl sites for hydroxylation is 1. The number of rotatable bonds is 4. The number of aromatic nitrogens is 2. The lowest BCUT2D eigenvalue weighted by Gasteiger charge is -2.23. The lowest BCUT2D eigenvalue weighted by Crippen LogP contribution is -2.28. The highest BCUT2D eigenvalue weighted by molar-refractivity contribution is 4.97. The highest BCUT2D eigenvalue weighted by atomic mass is 15.1. The summed E-state index contributed by atoms with van der Waals surface area (Å²) in [5, 5.41) is 3.42. The summed E-state index contributed by atoms with van der Waals surface area (Å²) in [6, 6.07) is 0. The molecule has 0 bridgehead atoms. The molecule has 0 aliphatic carbocycles. The molecule has 0 spiro atoms. The normalized spacial score (nSPS) is 18.2. The van der Waals surface area contributed by atoms with Crippen LogP contribution < -0.4 is 5.32 Å². The molecule has 1 aliphatic rings. The number of nitrogens with zero attached hydrogens (tertiary/aromatic N) is 2. The SMILES string of the molecule is CC(C)c1nccn1CCC1CCNCC1. The molecule has 3 heteroatoms. The lowest BCUT2D eigenvalue weighted by molar-refractivity contribution is 0.335. The summed E-state index contributed by atoms with van der Waals surface area (Å²) < 4.78 is 2.33. The molecular formula is C13H23N3. The fourth-order valence-electron chi connectivity index (χ4n) is 2.50. The standard InChI is InChI=1S/C13H23N3/c1-11(2)13-15-8-10-16(13)9-5-12-3-6-14-7-4-12/h8,10-12,14H,3-7,9H2,1-2H3. The number of hydrogen-bond donors (Lipinski definition) is 1. The number of imidazole rings is 1. The molecule has 1 aromatic heterocycles. The average molecular weight is 221 g/mol. The van der Waals surface area contributed by atoms with Gasteiger partial charge in [0.25, 0.3) is 0 Å². The van der Waals surface area contributed by atoms with Crippen LogP contribution in [0.5, 0.6) is 0 Å². The van der Waals surface area contributed by atoms with E-state index in [1.807, 2.05) is 6.20 Å². The van der Waals surface area contributed by atoms with Gasteiger partial charge < -0.3 is 9.88 Å². The third-order valence-electron chi connectivity index (χ3n) is 3.50. The highest BCUT2D eigenvalue weighted by Gasteiger charge is 2.14. The Labute approximate surface area is 98.3 Å². The lowest BCUT2D eigenvalue weighted by atomic mass is 9.95. The second kappa shape index (κ2) is 5.48. The molecular weight excluding hydrogens is 198 g/mol. The van der Waals surface area contributed by atoms with Crippen LogP contribution in [-0.4, -0.2) is 22.6 Å². The Bertz CT molecular complexity index is 311. The van der Waals surface area contributed by atoms with Crippen LogP contribution in [0, 0.1) is 5.92 Å². The second-order valence-electron chi connectivity index (χ2n) is 5.12. The Morgan fingerprint density at radius 1 is 1.44 bits per heavy atom. The maximum atomic E-state index is 4.43. The Hall–Kier alpha value is -0.830. The van der Waals surface area contributed by atoms with Crippen molar-refractivity contribution in [3.8, 4) is 0 Å². The van der Waals surface area contributed by atoms with Gasteiger partial charge in [-0.25, -0.2) is 4.98 Å². The molecule has 0 atom stereocenters. The van der Waals surface area contributed by atoms with Crippen molar-refractivity contribution in [2.45, 2.75) is 45.6 Å². The topological polar surface area (TPSA) is 29.9 Å². The summed E-state index contributed by atoms with van der Waals surface area (Å²) in [6.07, 6.45) is 8.03. The zero-order valence-electron chi connectivity index (χ0n) is 10.4. The Kier molecular flexibility index (Phi) is 3.99. The van der Waals surface area contributed by atoms with Crippen LogP contribution in [0.2, 0.25) is 0 Å². The average Bonchev–Trinajstić information content (AvgIpc) is 2.76. The van der Waals surface area contributed by atoms with Gasteiger partial charge in [0.2, 0.25) is 0 Å². The van der Waals surface area contributed by atoms with Gasteiger partial charge in [0, 0.05) is 24.9 Å². The van der Waals surface area contributed by atoms with Gasteiger partial charge >= 0.3 is 0 Å². The molecule has 2 heterocycles. The fraction of sp³-hybridized carbons (Fsp3) is 0.769. The van der Waals surface area contributed by atoms with Crippen LogP contribution in [0.15, 0.2) is 12.4 Å². The Morgan fingerprint density at radius 3 is 2.88 bits per heavy atom. The van der Waals surface area contributed by atoms with Crippen molar-refractivity contribution < 1.29 is 0 Å². The molecule has 1 saturated heterocycles. The molecule has 1 fully saturated rings. The first-order valence-electron chi connectivity index (χ1n) is 6.49. The van der Waals surface area contributed by atoms with Crippen molar-refractivity contribution in [1.29, 1.82) is 0 Å². The van der Waals surface area contributed by atoms with Crippen molar-refractivity contribution in [3.05, 3.63) is 18.2 Å². The molecule has 0 radical (unpaired) electrons. The van der Waals surface area contributed by atoms with Crippen molar-refractivity contribution in [2.24, 2.45) is 5.92 Å². The first-order valence-corrected chi connectivity index (χ1v) is 6.49. The van der Waals surface area contributed by atoms with Crippen molar-refractivity contribution in [1.82, 2.24) is 14.9 Å². The molecule has 0 unspecified atom stereocenters. The third kappa shape index (κ3) is 2.85. The molecule has 1 aromatic rings. The monoisotopic (exact) mass is 221 g/mol. The summed E-state index contributed by atoms with van der Waals surface area (Å²) >= 11 is 0. The third-order valence-corrected chi connectivity index (χ3v) is 3.50. The summed E-state index contributed by atoms with van der Waals surface area (Å²) in [5.41, 5.74) is 0. The molecule has 16 heavy (non-hydrogen) atoms. The van der Waals surface area contributed by atoms with Crippen LogP contribution in [0.1, 0.15) is 44.9 Å². The van der Waals surface area contributed by atoms with E-state index in [1.54, 1.807) is 0 Å². The van der Waals surface area contributed by atoms with E-state index < -0.39 is 0 Å². The van der Waals surface area contributed by atoms with Crippen molar-refractivity contribution in [2.75, 3.05) is 13.1 Å². The first-order chi connectivity index (χ1) is 7.77. The van der Waals surface area contributed by atoms with Crippen LogP contribution in [0.25, 0.3) is 0 Å². The van der Waals surface area contributed by atoms with E-state index in [-0.39, 0.29) is 0 Å². The molecule has 0 amide bonds. The first kappa shape index (κ1) is 11.6. The van der Waals surface area contributed by atoms with Crippen LogP contribution >= 0.6 is 0 Å². The summed E-state index contributed by atoms with van der Waals surface area (Å²) in [5.74, 6) is 2.67. The zero-order valence-corrected chi connectivity index (χ0v) is 10.4. The molecule has 3 nitrogen and oxygen atoms in total. The van der Waals surface area contributed by atoms with E-state index in [0.717, 1.165) is 12.5 Å². The summed E-state index contributed by atoms with van der Waals surface area (Å²) in [4.78, 5) is 4.43. The van der Waals surface area contributed by atoms with Gasteiger partial charge in [0.1, 0.15) is 5.82 Å². The molecule has 90 valence electrons. The van der Waals surface area contributed by atoms with E-state index in [4.69, 9.17) is 0 Å². The molecule has 0 aromatic carbocycles. The van der Waals surface area contributed by atoms with Crippen LogP contribution in [-0.2, 0) is 6.54 Å². The van der Waals surface area contributed by atoms with E-state index in [0.29, 0.717) is 5.92 Å². The quantitative estimate of drug-likeness (QED) is 0.846. The van der Waals surface area contributed by atoms with Gasteiger partial charge in [-0.1, -0.05) is 13.8 Å². The van der Waals surface area contributed by atoms with Gasteiger partial charge in [-0.3, -0.25) is 0 Å². The van der Waals surface area contributed by atoms with Crippen molar-refractivity contribution >= 4 is 0 Å². The van der Waals surface area contributed by atoms with Gasteiger partial charge in [0.05, 0.1) is 0 Å². The number of piperidine rings is 1. The highest BCUT2D eigenvalue weighted by Crippen LogP contribution is 2.19. The Balaban J connectivity index is 1.86. The predicted molar refractivity (Wildman–Crippen MR) is 66.5 cm³/mol. The minimum Gasteiger partial charge on any atom is -0.335 e. The van der Waals surface area contributed by atoms with Gasteiger partial charge in [-0.2, -0.15) is 0 Å². The molecule has 0 saturated carbocycles. The smallest absolute Gasteiger partial charge is 0.111 e. The number of hydrogen-bond acceptors (Lipinski definition) is 2. The number of nitrogens with one attached hydrogen (secondary N) is 1. The predicted octanol–water partition coefficient (Wildman–Crippen LogP) is 2.40. The summed E-state index contributed by atoms with van der Waals surface area (Å²) in [6.45, 7) is 7.96. The van der Waals surface area contributed by atoms with E-state index in [9.17, 15) is 0 Å². The van der Waals surface area contributed by atoms with Gasteiger partial charge in [-0.05, 0) is 38.3 Å². The van der Waals surface area contributed by atoms with E-state index in [1.165, 1.54) is 38.2 Å². The maximum absolute atomic E-state index is 4.43. The molecule has 1 aliphatic heterocycles. The minimum atomic E-state index is 0.531. The zero-order chi connectivity index (χ0) is 11.4. The molecule has 2 rings (SSSR count). The fourth-order valence-corrected chi connectivity index (χ4v) is 2.50. The second-order valence-corrected chi connectivity index (χ2v) is 5.12. The largest absolute Gasteiger partial charge is 0.335 e. The van der Waals surface area contributed by atoms with Crippen LogP contribution in [0.4, 0.5) is 0 Å². The van der Waals surface area contributed by atoms with E-state index >= 15 is 0 Å². The maximum Gasteiger partial charge on any atom is 0.111 e. The van der Waals surface area contributed by atoms with E-state index in [2.05, 4.69) is 34.9 Å².